The predicted octanol–water partition coefficient (Wildman–Crippen LogP) is 4.96. The number of benzene rings is 3. The van der Waals surface area contributed by atoms with E-state index in [9.17, 15) is 9.59 Å². The number of amides is 1. The molecule has 0 aliphatic rings. The van der Waals surface area contributed by atoms with Crippen molar-refractivity contribution in [2.24, 2.45) is 0 Å². The highest BCUT2D eigenvalue weighted by molar-refractivity contribution is 5.90. The minimum Gasteiger partial charge on any atom is -0.457 e. The minimum atomic E-state index is -0.338. The first-order valence-corrected chi connectivity index (χ1v) is 10.3. The van der Waals surface area contributed by atoms with Crippen LogP contribution in [0.5, 0.6) is 11.5 Å². The number of aryl methyl sites for hydroxylation is 2. The van der Waals surface area contributed by atoms with Crippen LogP contribution in [0.25, 0.3) is 11.3 Å². The number of carbonyl (C=O) groups is 1. The smallest absolute Gasteiger partial charge is 0.267 e. The van der Waals surface area contributed by atoms with Crippen LogP contribution in [0.3, 0.4) is 0 Å². The van der Waals surface area contributed by atoms with Crippen LogP contribution in [0, 0.1) is 13.8 Å². The molecule has 0 aliphatic heterocycles. The molecule has 0 fully saturated rings. The zero-order valence-electron chi connectivity index (χ0n) is 17.9. The molecule has 0 unspecified atom stereocenters. The van der Waals surface area contributed by atoms with Crippen molar-refractivity contribution in [1.29, 1.82) is 0 Å². The highest BCUT2D eigenvalue weighted by Crippen LogP contribution is 2.23. The van der Waals surface area contributed by atoms with Crippen molar-refractivity contribution in [3.05, 3.63) is 106 Å². The molecule has 0 bridgehead atoms. The maximum atomic E-state index is 12.5. The van der Waals surface area contributed by atoms with E-state index in [2.05, 4.69) is 10.4 Å². The van der Waals surface area contributed by atoms with Crippen LogP contribution in [0.15, 0.2) is 89.7 Å². The van der Waals surface area contributed by atoms with Crippen LogP contribution in [0.1, 0.15) is 11.1 Å². The molecular weight excluding hydrogens is 402 g/mol. The molecule has 0 spiro atoms. The summed E-state index contributed by atoms with van der Waals surface area (Å²) in [6.45, 7) is 3.81. The predicted molar refractivity (Wildman–Crippen MR) is 125 cm³/mol. The van der Waals surface area contributed by atoms with Gasteiger partial charge in [0, 0.05) is 17.3 Å². The molecule has 4 aromatic rings. The second-order valence-corrected chi connectivity index (χ2v) is 7.52. The van der Waals surface area contributed by atoms with Crippen molar-refractivity contribution in [3.63, 3.8) is 0 Å². The third-order valence-electron chi connectivity index (χ3n) is 4.95. The average Bonchev–Trinajstić information content (AvgIpc) is 2.79. The molecule has 6 heteroatoms. The Morgan fingerprint density at radius 1 is 0.906 bits per heavy atom. The van der Waals surface area contributed by atoms with Crippen molar-refractivity contribution >= 4 is 11.6 Å². The van der Waals surface area contributed by atoms with Gasteiger partial charge in [-0.2, -0.15) is 5.10 Å². The normalized spacial score (nSPS) is 10.6. The van der Waals surface area contributed by atoms with Crippen molar-refractivity contribution in [3.8, 4) is 22.8 Å². The van der Waals surface area contributed by atoms with Crippen LogP contribution in [-0.2, 0) is 11.3 Å². The van der Waals surface area contributed by atoms with Gasteiger partial charge < -0.3 is 10.1 Å². The molecule has 4 rings (SSSR count). The maximum Gasteiger partial charge on any atom is 0.267 e. The molecular formula is C26H23N3O3. The Morgan fingerprint density at radius 3 is 2.38 bits per heavy atom. The van der Waals surface area contributed by atoms with E-state index in [1.807, 2.05) is 62.4 Å². The number of hydrogen-bond acceptors (Lipinski definition) is 4. The van der Waals surface area contributed by atoms with Crippen molar-refractivity contribution in [2.75, 3.05) is 5.32 Å². The fourth-order valence-electron chi connectivity index (χ4n) is 3.29. The topological polar surface area (TPSA) is 73.2 Å². The highest BCUT2D eigenvalue weighted by atomic mass is 16.5. The van der Waals surface area contributed by atoms with E-state index in [1.54, 1.807) is 30.3 Å². The first kappa shape index (κ1) is 21.1. The second-order valence-electron chi connectivity index (χ2n) is 7.52. The number of aromatic nitrogens is 2. The van der Waals surface area contributed by atoms with E-state index in [4.69, 9.17) is 4.74 Å². The minimum absolute atomic E-state index is 0.181. The molecule has 1 N–H and O–H groups in total. The lowest BCUT2D eigenvalue weighted by Crippen LogP contribution is -2.29. The molecule has 0 atom stereocenters. The summed E-state index contributed by atoms with van der Waals surface area (Å²) in [6, 6.07) is 25.7. The zero-order chi connectivity index (χ0) is 22.5. The number of ether oxygens (including phenoxy) is 1. The number of rotatable bonds is 6. The molecule has 0 saturated heterocycles. The number of para-hydroxylation sites is 1. The highest BCUT2D eigenvalue weighted by Gasteiger charge is 2.10. The molecule has 0 saturated carbocycles. The van der Waals surface area contributed by atoms with Gasteiger partial charge in [0.1, 0.15) is 18.0 Å². The fraction of sp³-hybridized carbons (Fsp3) is 0.115. The Labute approximate surface area is 186 Å². The summed E-state index contributed by atoms with van der Waals surface area (Å²) in [5.74, 6) is 1.06. The summed E-state index contributed by atoms with van der Waals surface area (Å²) >= 11 is 0. The summed E-state index contributed by atoms with van der Waals surface area (Å²) in [6.07, 6.45) is 0. The summed E-state index contributed by atoms with van der Waals surface area (Å²) in [7, 11) is 0. The van der Waals surface area contributed by atoms with Gasteiger partial charge in [-0.05, 0) is 67.9 Å². The third-order valence-corrected chi connectivity index (χ3v) is 4.95. The van der Waals surface area contributed by atoms with Gasteiger partial charge in [0.25, 0.3) is 5.56 Å². The number of hydrogen-bond donors (Lipinski definition) is 1. The molecule has 160 valence electrons. The van der Waals surface area contributed by atoms with E-state index < -0.39 is 0 Å². The van der Waals surface area contributed by atoms with Crippen LogP contribution >= 0.6 is 0 Å². The van der Waals surface area contributed by atoms with Gasteiger partial charge in [-0.25, -0.2) is 4.68 Å². The Balaban J connectivity index is 1.45. The van der Waals surface area contributed by atoms with Gasteiger partial charge in [0.2, 0.25) is 5.91 Å². The monoisotopic (exact) mass is 425 g/mol. The summed E-state index contributed by atoms with van der Waals surface area (Å²) in [4.78, 5) is 24.8. The molecule has 0 radical (unpaired) electrons. The number of carbonyl (C=O) groups excluding carboxylic acids is 1. The van der Waals surface area contributed by atoms with Crippen LogP contribution < -0.4 is 15.6 Å². The SMILES string of the molecule is Cc1ccc(C)c(-c2ccc(=O)n(CC(=O)Nc3ccc(Oc4ccccc4)cc3)n2)c1. The standard InChI is InChI=1S/C26H23N3O3/c1-18-8-9-19(2)23(16-18)24-14-15-26(31)29(28-24)17-25(30)27-20-10-12-22(13-11-20)32-21-6-4-3-5-7-21/h3-16H,17H2,1-2H3,(H,27,30). The van der Waals surface area contributed by atoms with Gasteiger partial charge in [0.15, 0.2) is 0 Å². The lowest BCUT2D eigenvalue weighted by atomic mass is 10.0. The Bertz CT molecular complexity index is 1300. The van der Waals surface area contributed by atoms with E-state index in [0.717, 1.165) is 22.4 Å². The second kappa shape index (κ2) is 9.31. The molecule has 1 heterocycles. The Hall–Kier alpha value is -4.19. The summed E-state index contributed by atoms with van der Waals surface area (Å²) in [5.41, 5.74) is 4.02. The van der Waals surface area contributed by atoms with Gasteiger partial charge >= 0.3 is 0 Å². The summed E-state index contributed by atoms with van der Waals surface area (Å²) in [5, 5.41) is 7.20. The largest absolute Gasteiger partial charge is 0.457 e. The van der Waals surface area contributed by atoms with E-state index in [-0.39, 0.29) is 18.0 Å². The number of nitrogens with zero attached hydrogens (tertiary/aromatic N) is 2. The van der Waals surface area contributed by atoms with Crippen molar-refractivity contribution < 1.29 is 9.53 Å². The van der Waals surface area contributed by atoms with Crippen molar-refractivity contribution in [1.82, 2.24) is 9.78 Å². The molecule has 0 aliphatic carbocycles. The third kappa shape index (κ3) is 5.10. The maximum absolute atomic E-state index is 12.5. The first-order valence-electron chi connectivity index (χ1n) is 10.3. The van der Waals surface area contributed by atoms with Gasteiger partial charge in [-0.15, -0.1) is 0 Å². The molecule has 32 heavy (non-hydrogen) atoms. The average molecular weight is 425 g/mol. The van der Waals surface area contributed by atoms with Crippen LogP contribution in [0.2, 0.25) is 0 Å². The molecule has 6 nitrogen and oxygen atoms in total. The van der Waals surface area contributed by atoms with Gasteiger partial charge in [-0.1, -0.05) is 35.9 Å². The van der Waals surface area contributed by atoms with Gasteiger partial charge in [-0.3, -0.25) is 9.59 Å². The molecule has 3 aromatic carbocycles. The molecule has 1 amide bonds. The van der Waals surface area contributed by atoms with Gasteiger partial charge in [0.05, 0.1) is 5.69 Å². The quantitative estimate of drug-likeness (QED) is 0.474. The zero-order valence-corrected chi connectivity index (χ0v) is 17.9. The molecule has 1 aromatic heterocycles. The lowest BCUT2D eigenvalue weighted by molar-refractivity contribution is -0.117. The Kier molecular flexibility index (Phi) is 6.12. The number of nitrogens with one attached hydrogen (secondary N) is 1. The van der Waals surface area contributed by atoms with E-state index >= 15 is 0 Å². The Morgan fingerprint density at radius 2 is 1.62 bits per heavy atom. The van der Waals surface area contributed by atoms with Crippen molar-refractivity contribution in [2.45, 2.75) is 20.4 Å². The van der Waals surface area contributed by atoms with Crippen LogP contribution in [0.4, 0.5) is 5.69 Å². The summed E-state index contributed by atoms with van der Waals surface area (Å²) < 4.78 is 6.93. The number of anilines is 1. The first-order chi connectivity index (χ1) is 15.5. The van der Waals surface area contributed by atoms with Crippen LogP contribution in [-0.4, -0.2) is 15.7 Å². The van der Waals surface area contributed by atoms with E-state index in [1.165, 1.54) is 10.7 Å². The van der Waals surface area contributed by atoms with E-state index in [0.29, 0.717) is 17.1 Å². The fourth-order valence-corrected chi connectivity index (χ4v) is 3.29. The lowest BCUT2D eigenvalue weighted by Gasteiger charge is -2.11.